The van der Waals surface area contributed by atoms with E-state index in [2.05, 4.69) is 5.32 Å². The first-order valence-electron chi connectivity index (χ1n) is 10.4. The zero-order valence-corrected chi connectivity index (χ0v) is 17.8. The Bertz CT molecular complexity index is 788. The predicted octanol–water partition coefficient (Wildman–Crippen LogP) is 3.57. The molecule has 0 spiro atoms. The Morgan fingerprint density at radius 2 is 1.86 bits per heavy atom. The van der Waals surface area contributed by atoms with E-state index >= 15 is 0 Å². The molecule has 0 aromatic heterocycles. The third kappa shape index (κ3) is 4.69. The number of hydrogen-bond acceptors (Lipinski definition) is 4. The molecule has 1 heterocycles. The fourth-order valence-corrected chi connectivity index (χ4v) is 6.19. The largest absolute Gasteiger partial charge is 0.495 e. The van der Waals surface area contributed by atoms with E-state index < -0.39 is 10.0 Å². The van der Waals surface area contributed by atoms with E-state index in [0.29, 0.717) is 24.6 Å². The Balaban J connectivity index is 1.80. The van der Waals surface area contributed by atoms with Crippen LogP contribution in [-0.4, -0.2) is 44.9 Å². The van der Waals surface area contributed by atoms with Crippen molar-refractivity contribution in [2.24, 2.45) is 5.92 Å². The Morgan fingerprint density at radius 3 is 2.54 bits per heavy atom. The van der Waals surface area contributed by atoms with Gasteiger partial charge in [-0.05, 0) is 56.7 Å². The van der Waals surface area contributed by atoms with Gasteiger partial charge >= 0.3 is 0 Å². The second kappa shape index (κ2) is 9.27. The van der Waals surface area contributed by atoms with Crippen molar-refractivity contribution < 1.29 is 17.9 Å². The standard InChI is InChI=1S/C21H32N2O4S/c1-16-8-6-7-13-23(16)28(25,26)20-14-18(11-12-19(20)27-2)21(24)22-15-17-9-4-3-5-10-17/h11-12,14,16-17H,3-10,13,15H2,1-2H3,(H,22,24). The van der Waals surface area contributed by atoms with E-state index in [9.17, 15) is 13.2 Å². The summed E-state index contributed by atoms with van der Waals surface area (Å²) in [4.78, 5) is 12.7. The van der Waals surface area contributed by atoms with Crippen molar-refractivity contribution in [3.05, 3.63) is 23.8 Å². The Morgan fingerprint density at radius 1 is 1.14 bits per heavy atom. The normalized spacial score (nSPS) is 22.0. The van der Waals surface area contributed by atoms with Gasteiger partial charge in [0.1, 0.15) is 10.6 Å². The Labute approximate surface area is 168 Å². The molecule has 1 aromatic carbocycles. The van der Waals surface area contributed by atoms with Gasteiger partial charge in [-0.2, -0.15) is 4.31 Å². The lowest BCUT2D eigenvalue weighted by Gasteiger charge is -2.32. The molecule has 28 heavy (non-hydrogen) atoms. The highest BCUT2D eigenvalue weighted by molar-refractivity contribution is 7.89. The molecule has 1 saturated carbocycles. The maximum absolute atomic E-state index is 13.3. The minimum absolute atomic E-state index is 0.0489. The number of carbonyl (C=O) groups is 1. The molecule has 0 bridgehead atoms. The van der Waals surface area contributed by atoms with Crippen molar-refractivity contribution in [2.75, 3.05) is 20.2 Å². The molecule has 2 fully saturated rings. The fraction of sp³-hybridized carbons (Fsp3) is 0.667. The third-order valence-corrected chi connectivity index (χ3v) is 8.07. The van der Waals surface area contributed by atoms with Crippen LogP contribution in [0.25, 0.3) is 0 Å². The van der Waals surface area contributed by atoms with Crippen LogP contribution in [0.15, 0.2) is 23.1 Å². The summed E-state index contributed by atoms with van der Waals surface area (Å²) in [6, 6.07) is 4.63. The van der Waals surface area contributed by atoms with Gasteiger partial charge in [-0.15, -0.1) is 0 Å². The number of methoxy groups -OCH3 is 1. The van der Waals surface area contributed by atoms with Gasteiger partial charge in [0.15, 0.2) is 0 Å². The number of piperidine rings is 1. The van der Waals surface area contributed by atoms with Crippen LogP contribution in [0.5, 0.6) is 5.75 Å². The average Bonchev–Trinajstić information content (AvgIpc) is 2.72. The van der Waals surface area contributed by atoms with Gasteiger partial charge < -0.3 is 10.1 Å². The number of ether oxygens (including phenoxy) is 1. The maximum atomic E-state index is 13.3. The lowest BCUT2D eigenvalue weighted by atomic mass is 9.89. The number of nitrogens with one attached hydrogen (secondary N) is 1. The van der Waals surface area contributed by atoms with E-state index in [4.69, 9.17) is 4.74 Å². The van der Waals surface area contributed by atoms with E-state index in [0.717, 1.165) is 32.1 Å². The SMILES string of the molecule is COc1ccc(C(=O)NCC2CCCCC2)cc1S(=O)(=O)N1CCCCC1C. The number of hydrogen-bond donors (Lipinski definition) is 1. The lowest BCUT2D eigenvalue weighted by Crippen LogP contribution is -2.42. The zero-order valence-electron chi connectivity index (χ0n) is 16.9. The first-order valence-corrected chi connectivity index (χ1v) is 11.9. The van der Waals surface area contributed by atoms with Gasteiger partial charge in [0.25, 0.3) is 5.91 Å². The summed E-state index contributed by atoms with van der Waals surface area (Å²) in [6.07, 6.45) is 8.76. The predicted molar refractivity (Wildman–Crippen MR) is 109 cm³/mol. The van der Waals surface area contributed by atoms with Gasteiger partial charge in [0, 0.05) is 24.7 Å². The molecule has 1 aliphatic heterocycles. The maximum Gasteiger partial charge on any atom is 0.251 e. The summed E-state index contributed by atoms with van der Waals surface area (Å²) in [5, 5.41) is 2.98. The molecular formula is C21H32N2O4S. The van der Waals surface area contributed by atoms with Crippen LogP contribution >= 0.6 is 0 Å². The van der Waals surface area contributed by atoms with Crippen LogP contribution in [0.4, 0.5) is 0 Å². The molecule has 0 radical (unpaired) electrons. The topological polar surface area (TPSA) is 75.7 Å². The van der Waals surface area contributed by atoms with Crippen molar-refractivity contribution in [3.63, 3.8) is 0 Å². The van der Waals surface area contributed by atoms with Crippen molar-refractivity contribution >= 4 is 15.9 Å². The molecule has 1 aliphatic carbocycles. The first kappa shape index (κ1) is 21.1. The van der Waals surface area contributed by atoms with Crippen LogP contribution in [0.1, 0.15) is 68.6 Å². The van der Waals surface area contributed by atoms with Crippen LogP contribution in [0, 0.1) is 5.92 Å². The summed E-state index contributed by atoms with van der Waals surface area (Å²) in [7, 11) is -2.26. The second-order valence-corrected chi connectivity index (χ2v) is 9.90. The summed E-state index contributed by atoms with van der Waals surface area (Å²) in [5.41, 5.74) is 0.361. The van der Waals surface area contributed by atoms with Gasteiger partial charge in [-0.3, -0.25) is 4.79 Å². The average molecular weight is 409 g/mol. The highest BCUT2D eigenvalue weighted by Crippen LogP contribution is 2.31. The Hall–Kier alpha value is -1.60. The monoisotopic (exact) mass is 408 g/mol. The fourth-order valence-electron chi connectivity index (χ4n) is 4.31. The lowest BCUT2D eigenvalue weighted by molar-refractivity contribution is 0.0943. The highest BCUT2D eigenvalue weighted by Gasteiger charge is 2.33. The molecule has 1 amide bonds. The minimum atomic E-state index is -3.72. The van der Waals surface area contributed by atoms with Crippen molar-refractivity contribution in [3.8, 4) is 5.75 Å². The molecule has 1 aromatic rings. The molecule has 3 rings (SSSR count). The van der Waals surface area contributed by atoms with Gasteiger partial charge in [-0.1, -0.05) is 25.7 Å². The molecular weight excluding hydrogens is 376 g/mol. The zero-order chi connectivity index (χ0) is 20.1. The van der Waals surface area contributed by atoms with Crippen molar-refractivity contribution in [2.45, 2.75) is 69.2 Å². The Kier molecular flexibility index (Phi) is 6.99. The van der Waals surface area contributed by atoms with Crippen molar-refractivity contribution in [1.82, 2.24) is 9.62 Å². The smallest absolute Gasteiger partial charge is 0.251 e. The van der Waals surface area contributed by atoms with Crippen molar-refractivity contribution in [1.29, 1.82) is 0 Å². The molecule has 1 N–H and O–H groups in total. The van der Waals surface area contributed by atoms with Gasteiger partial charge in [0.05, 0.1) is 7.11 Å². The number of carbonyl (C=O) groups excluding carboxylic acids is 1. The molecule has 156 valence electrons. The van der Waals surface area contributed by atoms with Gasteiger partial charge in [-0.25, -0.2) is 8.42 Å². The molecule has 6 nitrogen and oxygen atoms in total. The molecule has 1 saturated heterocycles. The summed E-state index contributed by atoms with van der Waals surface area (Å²) < 4.78 is 33.4. The number of rotatable bonds is 6. The number of benzene rings is 1. The van der Waals surface area contributed by atoms with Crippen LogP contribution < -0.4 is 10.1 Å². The summed E-state index contributed by atoms with van der Waals surface area (Å²) >= 11 is 0. The molecule has 2 aliphatic rings. The molecule has 7 heteroatoms. The highest BCUT2D eigenvalue weighted by atomic mass is 32.2. The van der Waals surface area contributed by atoms with Crippen LogP contribution in [0.2, 0.25) is 0 Å². The number of sulfonamides is 1. The summed E-state index contributed by atoms with van der Waals surface area (Å²) in [6.45, 7) is 3.09. The number of nitrogens with zero attached hydrogens (tertiary/aromatic N) is 1. The first-order chi connectivity index (χ1) is 13.4. The van der Waals surface area contributed by atoms with E-state index in [1.807, 2.05) is 6.92 Å². The van der Waals surface area contributed by atoms with Crippen LogP contribution in [0.3, 0.4) is 0 Å². The quantitative estimate of drug-likeness (QED) is 0.781. The molecule has 1 atom stereocenters. The second-order valence-electron chi connectivity index (χ2n) is 8.04. The van der Waals surface area contributed by atoms with Crippen LogP contribution in [-0.2, 0) is 10.0 Å². The minimum Gasteiger partial charge on any atom is -0.495 e. The van der Waals surface area contributed by atoms with E-state index in [1.165, 1.54) is 36.7 Å². The van der Waals surface area contributed by atoms with E-state index in [1.54, 1.807) is 12.1 Å². The number of amides is 1. The van der Waals surface area contributed by atoms with Gasteiger partial charge in [0.2, 0.25) is 10.0 Å². The summed E-state index contributed by atoms with van der Waals surface area (Å²) in [5.74, 6) is 0.575. The third-order valence-electron chi connectivity index (χ3n) is 6.03. The van der Waals surface area contributed by atoms with E-state index in [-0.39, 0.29) is 22.6 Å². The molecule has 1 unspecified atom stereocenters.